The van der Waals surface area contributed by atoms with E-state index >= 15 is 0 Å². The monoisotopic (exact) mass is 828 g/mol. The standard InChI is InChI=1S/C56H60O6/c1-7-9-33-57-44-23-25-48(52(35-44)59-37-39(3)4)55(42-17-13-11-14-18-42)31-29-46-50(61-55)27-21-41-22-28-51-47(54(41)46)30-32-56(62-51,43-19-15-12-16-20-43)49-26-24-45(58-34-10-8-2)36-53(49)60-38-40(5)6/h11-32,35-36,39-40H,7-10,33-34,37-38H2,1-6H3. The Balaban J connectivity index is 1.25. The van der Waals surface area contributed by atoms with Crippen LogP contribution in [0.5, 0.6) is 34.5 Å². The number of rotatable bonds is 18. The summed E-state index contributed by atoms with van der Waals surface area (Å²) in [6.45, 7) is 15.4. The largest absolute Gasteiger partial charge is 0.493 e. The molecule has 0 bridgehead atoms. The van der Waals surface area contributed by atoms with E-state index < -0.39 is 11.2 Å². The number of hydrogen-bond acceptors (Lipinski definition) is 6. The van der Waals surface area contributed by atoms with Crippen molar-refractivity contribution >= 4 is 22.9 Å². The first-order valence-electron chi connectivity index (χ1n) is 22.5. The molecule has 6 aromatic rings. The van der Waals surface area contributed by atoms with Gasteiger partial charge in [0.2, 0.25) is 0 Å². The fourth-order valence-electron chi connectivity index (χ4n) is 8.26. The molecule has 8 rings (SSSR count). The van der Waals surface area contributed by atoms with Crippen molar-refractivity contribution in [1.82, 2.24) is 0 Å². The van der Waals surface area contributed by atoms with Crippen LogP contribution in [-0.4, -0.2) is 26.4 Å². The van der Waals surface area contributed by atoms with Gasteiger partial charge in [-0.3, -0.25) is 0 Å². The normalized spacial score (nSPS) is 17.6. The predicted molar refractivity (Wildman–Crippen MR) is 252 cm³/mol. The molecule has 0 aromatic heterocycles. The van der Waals surface area contributed by atoms with Crippen molar-refractivity contribution in [3.05, 3.63) is 167 Å². The lowest BCUT2D eigenvalue weighted by atomic mass is 9.81. The molecule has 0 amide bonds. The minimum Gasteiger partial charge on any atom is -0.493 e. The zero-order valence-corrected chi connectivity index (χ0v) is 37.1. The van der Waals surface area contributed by atoms with E-state index in [-0.39, 0.29) is 0 Å². The smallest absolute Gasteiger partial charge is 0.181 e. The minimum absolute atomic E-state index is 0.334. The Kier molecular flexibility index (Phi) is 12.9. The summed E-state index contributed by atoms with van der Waals surface area (Å²) in [6, 6.07) is 41.6. The lowest BCUT2D eigenvalue weighted by molar-refractivity contribution is 0.152. The van der Waals surface area contributed by atoms with Crippen molar-refractivity contribution in [2.24, 2.45) is 11.8 Å². The summed E-state index contributed by atoms with van der Waals surface area (Å²) in [5.41, 5.74) is 3.86. The van der Waals surface area contributed by atoms with Gasteiger partial charge in [-0.2, -0.15) is 0 Å². The maximum Gasteiger partial charge on any atom is 0.181 e. The number of unbranched alkanes of at least 4 members (excludes halogenated alkanes) is 2. The zero-order valence-electron chi connectivity index (χ0n) is 37.1. The first kappa shape index (κ1) is 42.5. The molecule has 0 aliphatic carbocycles. The second-order valence-corrected chi connectivity index (χ2v) is 17.3. The van der Waals surface area contributed by atoms with Gasteiger partial charge in [-0.25, -0.2) is 0 Å². The molecule has 62 heavy (non-hydrogen) atoms. The number of benzene rings is 6. The van der Waals surface area contributed by atoms with E-state index in [1.807, 2.05) is 36.4 Å². The first-order valence-corrected chi connectivity index (χ1v) is 22.5. The number of ether oxygens (including phenoxy) is 6. The van der Waals surface area contributed by atoms with E-state index in [4.69, 9.17) is 28.4 Å². The molecule has 2 atom stereocenters. The van der Waals surface area contributed by atoms with Crippen LogP contribution in [-0.2, 0) is 11.2 Å². The molecular formula is C56H60O6. The topological polar surface area (TPSA) is 55.4 Å². The predicted octanol–water partition coefficient (Wildman–Crippen LogP) is 14.0. The third-order valence-corrected chi connectivity index (χ3v) is 11.5. The summed E-state index contributed by atoms with van der Waals surface area (Å²) in [5.74, 6) is 5.27. The van der Waals surface area contributed by atoms with E-state index in [9.17, 15) is 0 Å². The SMILES string of the molecule is CCCCOc1ccc(C2(c3ccccc3)C=Cc3c(ccc4ccc5c(c34)C=CC(c3ccccc3)(c3ccc(OCCCC)cc3OCC(C)C)O5)O2)c(OCC(C)C)c1. The number of fused-ring (bicyclic) bond motifs is 5. The van der Waals surface area contributed by atoms with Crippen LogP contribution in [0, 0.1) is 11.8 Å². The van der Waals surface area contributed by atoms with Crippen molar-refractivity contribution in [3.63, 3.8) is 0 Å². The average molecular weight is 829 g/mol. The van der Waals surface area contributed by atoms with Gasteiger partial charge < -0.3 is 28.4 Å². The van der Waals surface area contributed by atoms with Gasteiger partial charge in [-0.1, -0.05) is 127 Å². The van der Waals surface area contributed by atoms with Gasteiger partial charge in [-0.05, 0) is 90.8 Å². The van der Waals surface area contributed by atoms with Gasteiger partial charge in [0, 0.05) is 50.9 Å². The second kappa shape index (κ2) is 18.9. The number of hydrogen-bond donors (Lipinski definition) is 0. The van der Waals surface area contributed by atoms with Gasteiger partial charge in [0.15, 0.2) is 11.2 Å². The molecule has 6 heteroatoms. The molecule has 0 saturated carbocycles. The van der Waals surface area contributed by atoms with Crippen LogP contribution in [0.1, 0.15) is 101 Å². The Hall–Kier alpha value is -6.14. The molecule has 6 aromatic carbocycles. The van der Waals surface area contributed by atoms with Crippen molar-refractivity contribution in [1.29, 1.82) is 0 Å². The van der Waals surface area contributed by atoms with Crippen LogP contribution in [0.2, 0.25) is 0 Å². The van der Waals surface area contributed by atoms with E-state index in [1.54, 1.807) is 0 Å². The molecule has 2 heterocycles. The lowest BCUT2D eigenvalue weighted by Gasteiger charge is -2.39. The van der Waals surface area contributed by atoms with E-state index in [1.165, 1.54) is 0 Å². The molecule has 0 N–H and O–H groups in total. The highest BCUT2D eigenvalue weighted by atomic mass is 16.5. The Morgan fingerprint density at radius 1 is 0.500 bits per heavy atom. The van der Waals surface area contributed by atoms with Crippen LogP contribution in [0.3, 0.4) is 0 Å². The quantitative estimate of drug-likeness (QED) is 0.0805. The summed E-state index contributed by atoms with van der Waals surface area (Å²) < 4.78 is 40.3. The minimum atomic E-state index is -0.974. The van der Waals surface area contributed by atoms with Crippen molar-refractivity contribution < 1.29 is 28.4 Å². The highest BCUT2D eigenvalue weighted by molar-refractivity contribution is 6.02. The molecule has 320 valence electrons. The third-order valence-electron chi connectivity index (χ3n) is 11.5. The molecule has 6 nitrogen and oxygen atoms in total. The maximum absolute atomic E-state index is 7.36. The van der Waals surface area contributed by atoms with Crippen molar-refractivity contribution in [3.8, 4) is 34.5 Å². The molecule has 0 radical (unpaired) electrons. The average Bonchev–Trinajstić information content (AvgIpc) is 3.30. The highest BCUT2D eigenvalue weighted by Gasteiger charge is 2.42. The summed E-state index contributed by atoms with van der Waals surface area (Å²) >= 11 is 0. The van der Waals surface area contributed by atoms with E-state index in [0.717, 1.165) is 104 Å². The van der Waals surface area contributed by atoms with Crippen LogP contribution >= 0.6 is 0 Å². The first-order chi connectivity index (χ1) is 30.2. The summed E-state index contributed by atoms with van der Waals surface area (Å²) in [7, 11) is 0. The van der Waals surface area contributed by atoms with Gasteiger partial charge in [0.1, 0.15) is 34.5 Å². The van der Waals surface area contributed by atoms with Gasteiger partial charge in [0.25, 0.3) is 0 Å². The Morgan fingerprint density at radius 3 is 1.34 bits per heavy atom. The Bertz CT molecular complexity index is 2350. The van der Waals surface area contributed by atoms with Crippen LogP contribution < -0.4 is 28.4 Å². The van der Waals surface area contributed by atoms with Crippen LogP contribution in [0.4, 0.5) is 0 Å². The summed E-state index contributed by atoms with van der Waals surface area (Å²) in [4.78, 5) is 0. The van der Waals surface area contributed by atoms with Crippen LogP contribution in [0.25, 0.3) is 22.9 Å². The van der Waals surface area contributed by atoms with Gasteiger partial charge in [0.05, 0.1) is 26.4 Å². The molecule has 0 spiro atoms. The van der Waals surface area contributed by atoms with E-state index in [2.05, 4.69) is 151 Å². The Labute approximate surface area is 368 Å². The lowest BCUT2D eigenvalue weighted by Crippen LogP contribution is -2.35. The summed E-state index contributed by atoms with van der Waals surface area (Å²) in [6.07, 6.45) is 12.9. The molecule has 2 unspecified atom stereocenters. The molecular weight excluding hydrogens is 769 g/mol. The zero-order chi connectivity index (χ0) is 43.1. The molecule has 2 aliphatic heterocycles. The third kappa shape index (κ3) is 8.66. The fourth-order valence-corrected chi connectivity index (χ4v) is 8.26. The summed E-state index contributed by atoms with van der Waals surface area (Å²) in [5, 5.41) is 2.15. The Morgan fingerprint density at radius 2 is 0.935 bits per heavy atom. The van der Waals surface area contributed by atoms with Gasteiger partial charge >= 0.3 is 0 Å². The molecule has 0 fully saturated rings. The highest BCUT2D eigenvalue weighted by Crippen LogP contribution is 2.52. The second-order valence-electron chi connectivity index (χ2n) is 17.3. The van der Waals surface area contributed by atoms with E-state index in [0.29, 0.717) is 38.3 Å². The van der Waals surface area contributed by atoms with Crippen molar-refractivity contribution in [2.45, 2.75) is 78.4 Å². The van der Waals surface area contributed by atoms with Gasteiger partial charge in [-0.15, -0.1) is 0 Å². The molecule has 2 aliphatic rings. The fraction of sp³-hybridized carbons (Fsp3) is 0.321. The van der Waals surface area contributed by atoms with Crippen LogP contribution in [0.15, 0.2) is 133 Å². The maximum atomic E-state index is 7.36. The van der Waals surface area contributed by atoms with Crippen molar-refractivity contribution in [2.75, 3.05) is 26.4 Å². The molecule has 0 saturated heterocycles.